The van der Waals surface area contributed by atoms with E-state index in [0.29, 0.717) is 19.8 Å². The second-order valence-corrected chi connectivity index (χ2v) is 7.23. The highest BCUT2D eigenvalue weighted by Crippen LogP contribution is 2.33. The van der Waals surface area contributed by atoms with Crippen LogP contribution >= 0.6 is 8.25 Å². The third-order valence-corrected chi connectivity index (χ3v) is 4.69. The quantitative estimate of drug-likeness (QED) is 0.167. The van der Waals surface area contributed by atoms with Crippen molar-refractivity contribution in [3.63, 3.8) is 0 Å². The zero-order valence-corrected chi connectivity index (χ0v) is 17.2. The number of unbranched alkanes of at least 4 members (excludes halogenated alkanes) is 7. The Kier molecular flexibility index (Phi) is 16.6. The van der Waals surface area contributed by atoms with Crippen LogP contribution in [0.5, 0.6) is 0 Å². The van der Waals surface area contributed by atoms with Crippen LogP contribution in [0.4, 0.5) is 0 Å². The van der Waals surface area contributed by atoms with Crippen LogP contribution in [0, 0.1) is 0 Å². The first-order chi connectivity index (χ1) is 11.6. The third-order valence-electron chi connectivity index (χ3n) is 3.71. The van der Waals surface area contributed by atoms with Crippen LogP contribution in [0.25, 0.3) is 0 Å². The number of hydrogen-bond acceptors (Lipinski definition) is 5. The molecule has 0 saturated carbocycles. The summed E-state index contributed by atoms with van der Waals surface area (Å²) >= 11 is 0. The van der Waals surface area contributed by atoms with Crippen LogP contribution in [0.2, 0.25) is 0 Å². The SMILES string of the molecule is CCCCCCCCO[PH](=O)OC(C)(OCCCC)OCCCC. The van der Waals surface area contributed by atoms with Crippen molar-refractivity contribution in [2.24, 2.45) is 0 Å². The van der Waals surface area contributed by atoms with Gasteiger partial charge in [0.15, 0.2) is 0 Å². The normalized spacial score (nSPS) is 13.3. The van der Waals surface area contributed by atoms with E-state index in [-0.39, 0.29) is 0 Å². The smallest absolute Gasteiger partial charge is 0.323 e. The van der Waals surface area contributed by atoms with Crippen molar-refractivity contribution in [3.8, 4) is 0 Å². The Morgan fingerprint density at radius 2 is 1.21 bits per heavy atom. The van der Waals surface area contributed by atoms with E-state index in [9.17, 15) is 4.57 Å². The predicted octanol–water partition coefficient (Wildman–Crippen LogP) is 6.08. The maximum atomic E-state index is 12.0. The fraction of sp³-hybridized carbons (Fsp3) is 1.00. The molecule has 0 bridgehead atoms. The van der Waals surface area contributed by atoms with Crippen LogP contribution in [0.3, 0.4) is 0 Å². The maximum absolute atomic E-state index is 12.0. The van der Waals surface area contributed by atoms with Crippen molar-refractivity contribution in [2.75, 3.05) is 19.8 Å². The van der Waals surface area contributed by atoms with Crippen LogP contribution in [0.1, 0.15) is 91.9 Å². The maximum Gasteiger partial charge on any atom is 0.323 e. The summed E-state index contributed by atoms with van der Waals surface area (Å²) in [5.41, 5.74) is 0. The minimum atomic E-state index is -2.62. The molecular formula is C18H39O5P. The van der Waals surface area contributed by atoms with Crippen molar-refractivity contribution < 1.29 is 23.1 Å². The van der Waals surface area contributed by atoms with E-state index in [1.54, 1.807) is 6.92 Å². The Morgan fingerprint density at radius 3 is 1.75 bits per heavy atom. The topological polar surface area (TPSA) is 54.0 Å². The number of hydrogen-bond donors (Lipinski definition) is 0. The molecule has 0 heterocycles. The van der Waals surface area contributed by atoms with E-state index in [1.165, 1.54) is 25.7 Å². The lowest BCUT2D eigenvalue weighted by Crippen LogP contribution is -2.34. The average molecular weight is 366 g/mol. The van der Waals surface area contributed by atoms with E-state index < -0.39 is 14.2 Å². The third kappa shape index (κ3) is 14.4. The lowest BCUT2D eigenvalue weighted by Gasteiger charge is -2.29. The first-order valence-corrected chi connectivity index (χ1v) is 10.9. The van der Waals surface area contributed by atoms with Crippen molar-refractivity contribution in [1.29, 1.82) is 0 Å². The summed E-state index contributed by atoms with van der Waals surface area (Å²) in [6.45, 7) is 9.56. The second kappa shape index (κ2) is 16.5. The molecule has 1 atom stereocenters. The van der Waals surface area contributed by atoms with Gasteiger partial charge in [-0.05, 0) is 19.3 Å². The van der Waals surface area contributed by atoms with Crippen molar-refractivity contribution in [2.45, 2.75) is 97.9 Å². The Bertz CT molecular complexity index is 289. The van der Waals surface area contributed by atoms with Crippen molar-refractivity contribution >= 4 is 8.25 Å². The molecule has 146 valence electrons. The molecule has 0 aliphatic heterocycles. The second-order valence-electron chi connectivity index (χ2n) is 6.23. The molecule has 0 spiro atoms. The first-order valence-electron chi connectivity index (χ1n) is 9.71. The molecule has 0 rings (SSSR count). The standard InChI is InChI=1S/C18H39O5P/c1-5-8-11-12-13-14-17-22-24(19)23-18(4,20-15-9-6-2)21-16-10-7-3/h24H,5-17H2,1-4H3. The van der Waals surface area contributed by atoms with E-state index in [0.717, 1.165) is 38.5 Å². The molecule has 0 aliphatic carbocycles. The van der Waals surface area contributed by atoms with Crippen LogP contribution in [-0.4, -0.2) is 25.8 Å². The van der Waals surface area contributed by atoms with Gasteiger partial charge in [0.25, 0.3) is 5.97 Å². The zero-order chi connectivity index (χ0) is 18.1. The van der Waals surface area contributed by atoms with Crippen LogP contribution in [-0.2, 0) is 23.1 Å². The lowest BCUT2D eigenvalue weighted by atomic mass is 10.1. The molecule has 0 fully saturated rings. The highest BCUT2D eigenvalue weighted by atomic mass is 31.1. The molecule has 0 radical (unpaired) electrons. The van der Waals surface area contributed by atoms with E-state index in [2.05, 4.69) is 20.8 Å². The summed E-state index contributed by atoms with van der Waals surface area (Å²) in [4.78, 5) is 0. The molecule has 0 amide bonds. The molecule has 0 aliphatic rings. The van der Waals surface area contributed by atoms with Gasteiger partial charge in [0.1, 0.15) is 0 Å². The molecule has 5 nitrogen and oxygen atoms in total. The van der Waals surface area contributed by atoms with Gasteiger partial charge in [0.05, 0.1) is 19.8 Å². The molecule has 1 unspecified atom stereocenters. The van der Waals surface area contributed by atoms with E-state index >= 15 is 0 Å². The Morgan fingerprint density at radius 1 is 0.708 bits per heavy atom. The fourth-order valence-corrected chi connectivity index (χ4v) is 2.91. The minimum Gasteiger partial charge on any atom is -0.327 e. The van der Waals surface area contributed by atoms with Crippen molar-refractivity contribution in [1.82, 2.24) is 0 Å². The summed E-state index contributed by atoms with van der Waals surface area (Å²) < 4.78 is 34.1. The Balaban J connectivity index is 4.03. The lowest BCUT2D eigenvalue weighted by molar-refractivity contribution is -0.333. The molecule has 0 aromatic heterocycles. The van der Waals surface area contributed by atoms with Gasteiger partial charge in [-0.1, -0.05) is 65.7 Å². The summed E-state index contributed by atoms with van der Waals surface area (Å²) in [5, 5.41) is 0. The fourth-order valence-electron chi connectivity index (χ4n) is 2.12. The number of rotatable bonds is 18. The Labute approximate surface area is 149 Å². The molecule has 24 heavy (non-hydrogen) atoms. The monoisotopic (exact) mass is 366 g/mol. The van der Waals surface area contributed by atoms with Gasteiger partial charge >= 0.3 is 8.25 Å². The van der Waals surface area contributed by atoms with Gasteiger partial charge in [-0.2, -0.15) is 0 Å². The van der Waals surface area contributed by atoms with Gasteiger partial charge in [-0.15, -0.1) is 0 Å². The number of ether oxygens (including phenoxy) is 2. The molecule has 6 heteroatoms. The van der Waals surface area contributed by atoms with Gasteiger partial charge in [-0.25, -0.2) is 0 Å². The summed E-state index contributed by atoms with van der Waals surface area (Å²) in [7, 11) is -2.62. The highest BCUT2D eigenvalue weighted by molar-refractivity contribution is 7.33. The summed E-state index contributed by atoms with van der Waals surface area (Å²) in [6, 6.07) is 0. The molecule has 0 saturated heterocycles. The molecule has 0 N–H and O–H groups in total. The van der Waals surface area contributed by atoms with Gasteiger partial charge in [0, 0.05) is 6.92 Å². The van der Waals surface area contributed by atoms with E-state index in [4.69, 9.17) is 18.5 Å². The minimum absolute atomic E-state index is 0.462. The van der Waals surface area contributed by atoms with Crippen LogP contribution < -0.4 is 0 Å². The predicted molar refractivity (Wildman–Crippen MR) is 99.5 cm³/mol. The first kappa shape index (κ1) is 24.1. The van der Waals surface area contributed by atoms with Gasteiger partial charge in [-0.3, -0.25) is 9.09 Å². The average Bonchev–Trinajstić information content (AvgIpc) is 2.54. The molecule has 0 aromatic carbocycles. The summed E-state index contributed by atoms with van der Waals surface area (Å²) in [6.07, 6.45) is 10.9. The van der Waals surface area contributed by atoms with Gasteiger partial charge in [0.2, 0.25) is 0 Å². The zero-order valence-electron chi connectivity index (χ0n) is 16.2. The highest BCUT2D eigenvalue weighted by Gasteiger charge is 2.30. The summed E-state index contributed by atoms with van der Waals surface area (Å²) in [5.74, 6) is -1.28. The molecule has 0 aromatic rings. The van der Waals surface area contributed by atoms with Gasteiger partial charge < -0.3 is 14.0 Å². The van der Waals surface area contributed by atoms with Crippen LogP contribution in [0.15, 0.2) is 0 Å². The van der Waals surface area contributed by atoms with Crippen molar-refractivity contribution in [3.05, 3.63) is 0 Å². The molecular weight excluding hydrogens is 327 g/mol. The Hall–Kier alpha value is 0.0700. The van der Waals surface area contributed by atoms with E-state index in [1.807, 2.05) is 0 Å². The largest absolute Gasteiger partial charge is 0.327 e.